The zero-order valence-corrected chi connectivity index (χ0v) is 15.2. The lowest BCUT2D eigenvalue weighted by atomic mass is 10.1. The van der Waals surface area contributed by atoms with Crippen LogP contribution >= 0.6 is 0 Å². The molecule has 0 bridgehead atoms. The molecule has 0 saturated carbocycles. The van der Waals surface area contributed by atoms with Gasteiger partial charge in [0.15, 0.2) is 0 Å². The van der Waals surface area contributed by atoms with Crippen LogP contribution in [0.2, 0.25) is 0 Å². The normalized spacial score (nSPS) is 14.3. The van der Waals surface area contributed by atoms with Crippen LogP contribution in [-0.2, 0) is 9.59 Å². The largest absolute Gasteiger partial charge is 0.370 e. The summed E-state index contributed by atoms with van der Waals surface area (Å²) in [7, 11) is 0. The second-order valence-electron chi connectivity index (χ2n) is 6.55. The fourth-order valence-corrected chi connectivity index (χ4v) is 2.72. The number of primary amides is 1. The monoisotopic (exact) mass is 332 g/mol. The molecule has 4 heteroatoms. The first-order valence-electron chi connectivity index (χ1n) is 9.09. The molecule has 0 aromatic heterocycles. The SMILES string of the molecule is Cc1ccccc1C.NC(=O)CCCCC(=O)N1CCCCCC1. The van der Waals surface area contributed by atoms with Crippen molar-refractivity contribution >= 4 is 11.8 Å². The van der Waals surface area contributed by atoms with Gasteiger partial charge in [0.25, 0.3) is 0 Å². The first-order chi connectivity index (χ1) is 11.5. The Morgan fingerprint density at radius 1 is 0.917 bits per heavy atom. The number of aryl methyl sites for hydroxylation is 2. The number of benzene rings is 1. The summed E-state index contributed by atoms with van der Waals surface area (Å²) in [5.41, 5.74) is 7.77. The van der Waals surface area contributed by atoms with Crippen LogP contribution in [0.25, 0.3) is 0 Å². The molecule has 24 heavy (non-hydrogen) atoms. The van der Waals surface area contributed by atoms with E-state index >= 15 is 0 Å². The summed E-state index contributed by atoms with van der Waals surface area (Å²) in [6.07, 6.45) is 7.21. The van der Waals surface area contributed by atoms with E-state index in [1.54, 1.807) is 0 Å². The molecule has 0 aliphatic carbocycles. The van der Waals surface area contributed by atoms with Crippen molar-refractivity contribution in [2.45, 2.75) is 65.2 Å². The van der Waals surface area contributed by atoms with Gasteiger partial charge in [-0.2, -0.15) is 0 Å². The zero-order valence-electron chi connectivity index (χ0n) is 15.2. The summed E-state index contributed by atoms with van der Waals surface area (Å²) < 4.78 is 0. The standard InChI is InChI=1S/C12H22N2O2.C8H10/c13-11(15)7-3-4-8-12(16)14-9-5-1-2-6-10-14;1-7-5-3-4-6-8(7)2/h1-10H2,(H2,13,15);3-6H,1-2H3. The second-order valence-corrected chi connectivity index (χ2v) is 6.55. The predicted molar refractivity (Wildman–Crippen MR) is 98.6 cm³/mol. The Bertz CT molecular complexity index is 485. The number of rotatable bonds is 5. The fraction of sp³-hybridized carbons (Fsp3) is 0.600. The quantitative estimate of drug-likeness (QED) is 0.835. The van der Waals surface area contributed by atoms with Crippen molar-refractivity contribution in [3.63, 3.8) is 0 Å². The van der Waals surface area contributed by atoms with Crippen molar-refractivity contribution < 1.29 is 9.59 Å². The molecule has 0 unspecified atom stereocenters. The van der Waals surface area contributed by atoms with Gasteiger partial charge in [-0.3, -0.25) is 9.59 Å². The Morgan fingerprint density at radius 3 is 1.88 bits per heavy atom. The minimum atomic E-state index is -0.276. The third-order valence-corrected chi connectivity index (χ3v) is 4.45. The van der Waals surface area contributed by atoms with Gasteiger partial charge in [0.1, 0.15) is 0 Å². The molecule has 2 rings (SSSR count). The van der Waals surface area contributed by atoms with Crippen LogP contribution in [0.3, 0.4) is 0 Å². The number of hydrogen-bond acceptors (Lipinski definition) is 2. The lowest BCUT2D eigenvalue weighted by Gasteiger charge is -2.20. The minimum absolute atomic E-state index is 0.242. The predicted octanol–water partition coefficient (Wildman–Crippen LogP) is 3.74. The van der Waals surface area contributed by atoms with Crippen molar-refractivity contribution in [2.24, 2.45) is 5.73 Å². The summed E-state index contributed by atoms with van der Waals surface area (Å²) >= 11 is 0. The smallest absolute Gasteiger partial charge is 0.222 e. The Hall–Kier alpha value is -1.84. The number of carbonyl (C=O) groups is 2. The van der Waals surface area contributed by atoms with Gasteiger partial charge in [0, 0.05) is 25.9 Å². The van der Waals surface area contributed by atoms with Gasteiger partial charge in [-0.1, -0.05) is 37.1 Å². The lowest BCUT2D eigenvalue weighted by Crippen LogP contribution is -2.31. The molecular weight excluding hydrogens is 300 g/mol. The van der Waals surface area contributed by atoms with Gasteiger partial charge in [-0.15, -0.1) is 0 Å². The molecule has 0 radical (unpaired) electrons. The van der Waals surface area contributed by atoms with E-state index in [0.29, 0.717) is 12.8 Å². The van der Waals surface area contributed by atoms with Gasteiger partial charge in [0.05, 0.1) is 0 Å². The molecule has 1 aromatic rings. The van der Waals surface area contributed by atoms with Gasteiger partial charge in [-0.05, 0) is 50.7 Å². The Labute approximate surface area is 146 Å². The number of nitrogens with zero attached hydrogens (tertiary/aromatic N) is 1. The maximum absolute atomic E-state index is 11.8. The number of nitrogens with two attached hydrogens (primary N) is 1. The topological polar surface area (TPSA) is 63.4 Å². The van der Waals surface area contributed by atoms with E-state index in [1.807, 2.05) is 4.90 Å². The fourth-order valence-electron chi connectivity index (χ4n) is 2.72. The van der Waals surface area contributed by atoms with Gasteiger partial charge in [-0.25, -0.2) is 0 Å². The maximum atomic E-state index is 11.8. The highest BCUT2D eigenvalue weighted by molar-refractivity contribution is 5.76. The Kier molecular flexibility index (Phi) is 9.81. The van der Waals surface area contributed by atoms with Crippen LogP contribution in [0.1, 0.15) is 62.5 Å². The second kappa shape index (κ2) is 11.7. The number of likely N-dealkylation sites (tertiary alicyclic amines) is 1. The van der Waals surface area contributed by atoms with Crippen LogP contribution in [0.4, 0.5) is 0 Å². The van der Waals surface area contributed by atoms with Crippen molar-refractivity contribution in [2.75, 3.05) is 13.1 Å². The minimum Gasteiger partial charge on any atom is -0.370 e. The van der Waals surface area contributed by atoms with Crippen molar-refractivity contribution in [1.82, 2.24) is 4.90 Å². The van der Waals surface area contributed by atoms with Crippen LogP contribution in [0.5, 0.6) is 0 Å². The Balaban J connectivity index is 0.000000300. The highest BCUT2D eigenvalue weighted by Crippen LogP contribution is 2.12. The number of amides is 2. The first kappa shape index (κ1) is 20.2. The van der Waals surface area contributed by atoms with Crippen LogP contribution in [0.15, 0.2) is 24.3 Å². The zero-order chi connectivity index (χ0) is 17.8. The molecule has 0 spiro atoms. The molecule has 1 heterocycles. The summed E-state index contributed by atoms with van der Waals surface area (Å²) in [5.74, 6) is -0.0337. The molecule has 134 valence electrons. The van der Waals surface area contributed by atoms with E-state index in [9.17, 15) is 9.59 Å². The molecule has 1 saturated heterocycles. The van der Waals surface area contributed by atoms with Crippen molar-refractivity contribution in [3.05, 3.63) is 35.4 Å². The van der Waals surface area contributed by atoms with Crippen molar-refractivity contribution in [1.29, 1.82) is 0 Å². The third-order valence-electron chi connectivity index (χ3n) is 4.45. The average molecular weight is 332 g/mol. The molecule has 2 N–H and O–H groups in total. The molecule has 4 nitrogen and oxygen atoms in total. The number of hydrogen-bond donors (Lipinski definition) is 1. The summed E-state index contributed by atoms with van der Waals surface area (Å²) in [6, 6.07) is 8.36. The molecule has 0 atom stereocenters. The third kappa shape index (κ3) is 8.70. The van der Waals surface area contributed by atoms with E-state index in [4.69, 9.17) is 5.73 Å². The summed E-state index contributed by atoms with van der Waals surface area (Å²) in [4.78, 5) is 24.3. The van der Waals surface area contributed by atoms with E-state index in [-0.39, 0.29) is 11.8 Å². The number of carbonyl (C=O) groups excluding carboxylic acids is 2. The average Bonchev–Trinajstić information content (AvgIpc) is 2.84. The Morgan fingerprint density at radius 2 is 1.42 bits per heavy atom. The lowest BCUT2D eigenvalue weighted by molar-refractivity contribution is -0.131. The van der Waals surface area contributed by atoms with E-state index in [1.165, 1.54) is 24.0 Å². The van der Waals surface area contributed by atoms with Crippen LogP contribution in [-0.4, -0.2) is 29.8 Å². The van der Waals surface area contributed by atoms with E-state index in [2.05, 4.69) is 38.1 Å². The van der Waals surface area contributed by atoms with Crippen LogP contribution < -0.4 is 5.73 Å². The van der Waals surface area contributed by atoms with Gasteiger partial charge in [0.2, 0.25) is 11.8 Å². The highest BCUT2D eigenvalue weighted by Gasteiger charge is 2.14. The molecule has 1 aliphatic heterocycles. The molecule has 1 aromatic carbocycles. The summed E-state index contributed by atoms with van der Waals surface area (Å²) in [6.45, 7) is 6.06. The van der Waals surface area contributed by atoms with Gasteiger partial charge >= 0.3 is 0 Å². The van der Waals surface area contributed by atoms with E-state index in [0.717, 1.165) is 38.8 Å². The van der Waals surface area contributed by atoms with Gasteiger partial charge < -0.3 is 10.6 Å². The maximum Gasteiger partial charge on any atom is 0.222 e. The van der Waals surface area contributed by atoms with Crippen LogP contribution in [0, 0.1) is 13.8 Å². The molecule has 1 fully saturated rings. The van der Waals surface area contributed by atoms with E-state index < -0.39 is 0 Å². The number of unbranched alkanes of at least 4 members (excludes halogenated alkanes) is 1. The highest BCUT2D eigenvalue weighted by atomic mass is 16.2. The summed E-state index contributed by atoms with van der Waals surface area (Å²) in [5, 5.41) is 0. The van der Waals surface area contributed by atoms with Crippen molar-refractivity contribution in [3.8, 4) is 0 Å². The molecule has 1 aliphatic rings. The molecule has 2 amide bonds. The first-order valence-corrected chi connectivity index (χ1v) is 9.09. The molecular formula is C20H32N2O2.